The molecule has 5 nitrogen and oxygen atoms in total. The molecule has 0 amide bonds. The third-order valence-corrected chi connectivity index (χ3v) is 0.988. The van der Waals surface area contributed by atoms with Crippen molar-refractivity contribution >= 4 is 0 Å². The molecule has 0 bridgehead atoms. The summed E-state index contributed by atoms with van der Waals surface area (Å²) in [5.74, 6) is -0.262. The Hall–Kier alpha value is -1.23. The molecule has 3 N–H and O–H groups in total. The summed E-state index contributed by atoms with van der Waals surface area (Å²) in [5.41, 5.74) is -0.519. The highest BCUT2D eigenvalue weighted by Crippen LogP contribution is 1.99. The molecule has 0 saturated carbocycles. The number of aliphatic hydroxyl groups is 1. The van der Waals surface area contributed by atoms with Gasteiger partial charge in [-0.15, -0.1) is 0 Å². The minimum Gasteiger partial charge on any atom is -0.493 e. The number of hydrogen-bond acceptors (Lipinski definition) is 3. The Balaban J connectivity index is 3.23. The van der Waals surface area contributed by atoms with E-state index in [1.807, 2.05) is 0 Å². The van der Waals surface area contributed by atoms with Crippen LogP contribution in [0.2, 0.25) is 0 Å². The number of imidazole rings is 1. The number of nitrogens with zero attached hydrogens (tertiary/aromatic N) is 1. The van der Waals surface area contributed by atoms with Crippen molar-refractivity contribution in [2.45, 2.75) is 6.73 Å². The molecule has 1 aromatic heterocycles. The van der Waals surface area contributed by atoms with Crippen LogP contribution >= 0.6 is 0 Å². The zero-order chi connectivity index (χ0) is 6.85. The van der Waals surface area contributed by atoms with Crippen molar-refractivity contribution in [2.24, 2.45) is 0 Å². The Morgan fingerprint density at radius 3 is 2.67 bits per heavy atom. The lowest BCUT2D eigenvalue weighted by Crippen LogP contribution is -2.15. The molecular formula is C4H6N2O3. The van der Waals surface area contributed by atoms with E-state index in [9.17, 15) is 4.79 Å². The molecule has 0 fully saturated rings. The van der Waals surface area contributed by atoms with E-state index in [0.717, 1.165) is 10.8 Å². The van der Waals surface area contributed by atoms with Crippen molar-refractivity contribution in [1.29, 1.82) is 0 Å². The topological polar surface area (TPSA) is 78.2 Å². The van der Waals surface area contributed by atoms with E-state index < -0.39 is 12.4 Å². The number of aromatic hydroxyl groups is 1. The van der Waals surface area contributed by atoms with Gasteiger partial charge in [-0.2, -0.15) is 0 Å². The maximum absolute atomic E-state index is 10.5. The Morgan fingerprint density at radius 1 is 1.78 bits per heavy atom. The molecular weight excluding hydrogens is 124 g/mol. The molecule has 0 aliphatic heterocycles. The zero-order valence-electron chi connectivity index (χ0n) is 4.53. The maximum Gasteiger partial charge on any atom is 0.330 e. The highest BCUT2D eigenvalue weighted by molar-refractivity contribution is 5.01. The summed E-state index contributed by atoms with van der Waals surface area (Å²) in [4.78, 5) is 12.6. The van der Waals surface area contributed by atoms with Gasteiger partial charge in [0.05, 0.1) is 6.20 Å². The van der Waals surface area contributed by atoms with Crippen LogP contribution in [-0.2, 0) is 6.73 Å². The van der Waals surface area contributed by atoms with Crippen LogP contribution in [0.1, 0.15) is 0 Å². The van der Waals surface area contributed by atoms with E-state index in [0.29, 0.717) is 0 Å². The van der Waals surface area contributed by atoms with Crippen LogP contribution in [-0.4, -0.2) is 19.8 Å². The van der Waals surface area contributed by atoms with E-state index in [-0.39, 0.29) is 5.88 Å². The van der Waals surface area contributed by atoms with E-state index in [1.54, 1.807) is 0 Å². The largest absolute Gasteiger partial charge is 0.493 e. The van der Waals surface area contributed by atoms with Gasteiger partial charge in [0.2, 0.25) is 5.88 Å². The van der Waals surface area contributed by atoms with E-state index in [2.05, 4.69) is 4.98 Å². The first kappa shape index (κ1) is 5.90. The number of aromatic amines is 1. The van der Waals surface area contributed by atoms with Crippen molar-refractivity contribution in [2.75, 3.05) is 0 Å². The van der Waals surface area contributed by atoms with E-state index >= 15 is 0 Å². The first-order valence-corrected chi connectivity index (χ1v) is 2.33. The molecule has 0 aromatic carbocycles. The lowest BCUT2D eigenvalue weighted by molar-refractivity contribution is 0.192. The second kappa shape index (κ2) is 1.94. The van der Waals surface area contributed by atoms with Gasteiger partial charge < -0.3 is 15.2 Å². The summed E-state index contributed by atoms with van der Waals surface area (Å²) in [5, 5.41) is 17.1. The normalized spacial score (nSPS) is 9.89. The smallest absolute Gasteiger partial charge is 0.330 e. The first-order chi connectivity index (χ1) is 4.25. The fourth-order valence-corrected chi connectivity index (χ4v) is 0.523. The molecule has 0 spiro atoms. The predicted molar refractivity (Wildman–Crippen MR) is 28.9 cm³/mol. The van der Waals surface area contributed by atoms with Gasteiger partial charge in [-0.1, -0.05) is 0 Å². The van der Waals surface area contributed by atoms with Gasteiger partial charge >= 0.3 is 5.69 Å². The highest BCUT2D eigenvalue weighted by atomic mass is 16.3. The summed E-state index contributed by atoms with van der Waals surface area (Å²) < 4.78 is 0.792. The van der Waals surface area contributed by atoms with Crippen molar-refractivity contribution in [3.8, 4) is 5.88 Å². The van der Waals surface area contributed by atoms with Crippen LogP contribution in [0, 0.1) is 0 Å². The molecule has 0 unspecified atom stereocenters. The van der Waals surface area contributed by atoms with Gasteiger partial charge in [0.15, 0.2) is 0 Å². The van der Waals surface area contributed by atoms with Crippen LogP contribution in [0.3, 0.4) is 0 Å². The molecule has 1 heterocycles. The summed E-state index contributed by atoms with van der Waals surface area (Å²) in [6.45, 7) is -0.506. The Morgan fingerprint density at radius 2 is 2.44 bits per heavy atom. The van der Waals surface area contributed by atoms with Gasteiger partial charge in [0.25, 0.3) is 0 Å². The standard InChI is InChI=1S/C4H6N2O3/c7-2-6-3(8)1-5-4(6)9/h1,7-8H,2H2,(H,5,9). The second-order valence-electron chi connectivity index (χ2n) is 1.52. The molecule has 5 heteroatoms. The molecule has 0 radical (unpaired) electrons. The lowest BCUT2D eigenvalue weighted by Gasteiger charge is -1.92. The van der Waals surface area contributed by atoms with Gasteiger partial charge in [-0.3, -0.25) is 0 Å². The number of hydrogen-bond donors (Lipinski definition) is 3. The number of rotatable bonds is 1. The number of nitrogens with one attached hydrogen (secondary N) is 1. The molecule has 0 atom stereocenters. The van der Waals surface area contributed by atoms with Gasteiger partial charge in [-0.05, 0) is 0 Å². The van der Waals surface area contributed by atoms with Gasteiger partial charge in [0, 0.05) is 0 Å². The SMILES string of the molecule is O=c1[nH]cc(O)n1CO. The molecule has 0 saturated heterocycles. The fraction of sp³-hybridized carbons (Fsp3) is 0.250. The molecule has 1 aromatic rings. The fourth-order valence-electron chi connectivity index (χ4n) is 0.523. The average Bonchev–Trinajstić information content (AvgIpc) is 2.12. The average molecular weight is 130 g/mol. The van der Waals surface area contributed by atoms with Crippen LogP contribution < -0.4 is 5.69 Å². The van der Waals surface area contributed by atoms with Crippen LogP contribution in [0.5, 0.6) is 5.88 Å². The number of aliphatic hydroxyl groups excluding tert-OH is 1. The van der Waals surface area contributed by atoms with Crippen molar-refractivity contribution in [3.05, 3.63) is 16.7 Å². The maximum atomic E-state index is 10.5. The summed E-state index contributed by atoms with van der Waals surface area (Å²) in [6.07, 6.45) is 1.11. The molecule has 9 heavy (non-hydrogen) atoms. The lowest BCUT2D eigenvalue weighted by atomic mass is 10.8. The molecule has 0 aliphatic rings. The molecule has 50 valence electrons. The summed E-state index contributed by atoms with van der Waals surface area (Å²) in [7, 11) is 0. The Labute approximate surface area is 50.2 Å². The number of H-pyrrole nitrogens is 1. The first-order valence-electron chi connectivity index (χ1n) is 2.33. The minimum absolute atomic E-state index is 0.262. The van der Waals surface area contributed by atoms with Crippen molar-refractivity contribution in [3.63, 3.8) is 0 Å². The van der Waals surface area contributed by atoms with Crippen molar-refractivity contribution in [1.82, 2.24) is 9.55 Å². The Bertz CT molecular complexity index is 249. The quantitative estimate of drug-likeness (QED) is 0.448. The van der Waals surface area contributed by atoms with Crippen LogP contribution in [0.15, 0.2) is 11.0 Å². The molecule has 1 rings (SSSR count). The monoisotopic (exact) mass is 130 g/mol. The highest BCUT2D eigenvalue weighted by Gasteiger charge is 1.99. The number of aromatic nitrogens is 2. The van der Waals surface area contributed by atoms with Gasteiger partial charge in [-0.25, -0.2) is 9.36 Å². The van der Waals surface area contributed by atoms with Crippen LogP contribution in [0.4, 0.5) is 0 Å². The predicted octanol–water partition coefficient (Wildman–Crippen LogP) is -1.17. The third-order valence-electron chi connectivity index (χ3n) is 0.988. The minimum atomic E-state index is -0.519. The second-order valence-corrected chi connectivity index (χ2v) is 1.52. The molecule has 0 aliphatic carbocycles. The van der Waals surface area contributed by atoms with E-state index in [4.69, 9.17) is 10.2 Å². The van der Waals surface area contributed by atoms with Crippen molar-refractivity contribution < 1.29 is 10.2 Å². The zero-order valence-corrected chi connectivity index (χ0v) is 4.53. The Kier molecular flexibility index (Phi) is 1.27. The third kappa shape index (κ3) is 0.812. The van der Waals surface area contributed by atoms with E-state index in [1.165, 1.54) is 0 Å². The van der Waals surface area contributed by atoms with Gasteiger partial charge in [0.1, 0.15) is 6.73 Å². The summed E-state index contributed by atoms with van der Waals surface area (Å²) >= 11 is 0. The summed E-state index contributed by atoms with van der Waals surface area (Å²) in [6, 6.07) is 0. The van der Waals surface area contributed by atoms with Crippen LogP contribution in [0.25, 0.3) is 0 Å².